The van der Waals surface area contributed by atoms with E-state index in [-0.39, 0.29) is 35.6 Å². The molecule has 7 nitrogen and oxygen atoms in total. The monoisotopic (exact) mass is 453 g/mol. The first-order valence-corrected chi connectivity index (χ1v) is 11.8. The van der Waals surface area contributed by atoms with E-state index in [9.17, 15) is 19.8 Å². The molecule has 7 heteroatoms. The number of aryl methyl sites for hydroxylation is 1. The Labute approximate surface area is 192 Å². The summed E-state index contributed by atoms with van der Waals surface area (Å²) in [6, 6.07) is 6.15. The smallest absolute Gasteiger partial charge is 0.227 e. The molecule has 33 heavy (non-hydrogen) atoms. The Kier molecular flexibility index (Phi) is 5.59. The highest BCUT2D eigenvalue weighted by molar-refractivity contribution is 5.78. The summed E-state index contributed by atoms with van der Waals surface area (Å²) in [5, 5.41) is 23.8. The molecule has 4 aliphatic rings. The van der Waals surface area contributed by atoms with Gasteiger partial charge in [-0.3, -0.25) is 9.59 Å². The highest BCUT2D eigenvalue weighted by Gasteiger charge is 2.48. The number of hydrogen-bond donors (Lipinski definition) is 3. The normalized spacial score (nSPS) is 28.5. The predicted octanol–water partition coefficient (Wildman–Crippen LogP) is 3.83. The van der Waals surface area contributed by atoms with Crippen LogP contribution in [0.25, 0.3) is 0 Å². The largest absolute Gasteiger partial charge is 0.504 e. The lowest BCUT2D eigenvalue weighted by molar-refractivity contribution is -0.125. The summed E-state index contributed by atoms with van der Waals surface area (Å²) < 4.78 is 11.0. The van der Waals surface area contributed by atoms with E-state index in [0.29, 0.717) is 23.2 Å². The van der Waals surface area contributed by atoms with Gasteiger partial charge in [0.05, 0.1) is 13.0 Å². The summed E-state index contributed by atoms with van der Waals surface area (Å²) in [7, 11) is 1.44. The SMILES string of the molecule is COc1cc(C(CC(=O)NC2C3CC4CC(C3)CC2C4)c2oc(C)cc(=O)c2O)ccc1O. The molecule has 0 aliphatic heterocycles. The molecule has 4 fully saturated rings. The van der Waals surface area contributed by atoms with Gasteiger partial charge in [-0.15, -0.1) is 0 Å². The summed E-state index contributed by atoms with van der Waals surface area (Å²) in [5.41, 5.74) is 0.0554. The van der Waals surface area contributed by atoms with Crippen LogP contribution in [0.5, 0.6) is 17.2 Å². The van der Waals surface area contributed by atoms with E-state index in [4.69, 9.17) is 9.15 Å². The fourth-order valence-corrected chi connectivity index (χ4v) is 6.73. The minimum absolute atomic E-state index is 0.0106. The molecule has 3 N–H and O–H groups in total. The molecule has 0 radical (unpaired) electrons. The first-order chi connectivity index (χ1) is 15.8. The first-order valence-electron chi connectivity index (χ1n) is 11.8. The number of aromatic hydroxyl groups is 2. The van der Waals surface area contributed by atoms with Crippen molar-refractivity contribution in [3.05, 3.63) is 51.6 Å². The highest BCUT2D eigenvalue weighted by atomic mass is 16.5. The zero-order valence-corrected chi connectivity index (χ0v) is 19.0. The van der Waals surface area contributed by atoms with Crippen molar-refractivity contribution in [1.82, 2.24) is 5.32 Å². The fraction of sp³-hybridized carbons (Fsp3) is 0.538. The second-order valence-electron chi connectivity index (χ2n) is 10.1. The number of amides is 1. The van der Waals surface area contributed by atoms with Crippen LogP contribution in [0.15, 0.2) is 33.5 Å². The fourth-order valence-electron chi connectivity index (χ4n) is 6.73. The lowest BCUT2D eigenvalue weighted by Gasteiger charge is -2.54. The van der Waals surface area contributed by atoms with E-state index in [1.165, 1.54) is 51.3 Å². The van der Waals surface area contributed by atoms with Crippen LogP contribution in [-0.2, 0) is 4.79 Å². The molecule has 0 saturated heterocycles. The van der Waals surface area contributed by atoms with Gasteiger partial charge in [0, 0.05) is 18.5 Å². The van der Waals surface area contributed by atoms with E-state index in [1.807, 2.05) is 0 Å². The Morgan fingerprint density at radius 3 is 2.42 bits per heavy atom. The third-order valence-electron chi connectivity index (χ3n) is 7.94. The second kappa shape index (κ2) is 8.43. The average molecular weight is 454 g/mol. The predicted molar refractivity (Wildman–Crippen MR) is 121 cm³/mol. The maximum Gasteiger partial charge on any atom is 0.227 e. The Balaban J connectivity index is 1.44. The van der Waals surface area contributed by atoms with Crippen LogP contribution in [0.3, 0.4) is 0 Å². The summed E-state index contributed by atoms with van der Waals surface area (Å²) >= 11 is 0. The first kappa shape index (κ1) is 21.9. The van der Waals surface area contributed by atoms with Gasteiger partial charge in [0.25, 0.3) is 0 Å². The van der Waals surface area contributed by atoms with Crippen molar-refractivity contribution in [3.63, 3.8) is 0 Å². The second-order valence-corrected chi connectivity index (χ2v) is 10.1. The molecular weight excluding hydrogens is 422 g/mol. The number of rotatable bonds is 6. The summed E-state index contributed by atoms with van der Waals surface area (Å²) in [6.07, 6.45) is 6.16. The maximum atomic E-state index is 13.3. The maximum absolute atomic E-state index is 13.3. The van der Waals surface area contributed by atoms with Gasteiger partial charge in [0.2, 0.25) is 17.1 Å². The molecule has 0 spiro atoms. The van der Waals surface area contributed by atoms with Crippen molar-refractivity contribution in [3.8, 4) is 17.2 Å². The Bertz CT molecular complexity index is 1090. The summed E-state index contributed by atoms with van der Waals surface area (Å²) in [6.45, 7) is 1.63. The van der Waals surface area contributed by atoms with Crippen molar-refractivity contribution in [1.29, 1.82) is 0 Å². The molecule has 176 valence electrons. The standard InChI is InChI=1S/C26H31NO6/c1-13-5-21(29)25(31)26(33-13)19(16-3-4-20(28)22(11-16)32-2)12-23(30)27-24-17-7-14-6-15(9-17)10-18(24)8-14/h3-5,11,14-15,17-19,24,28,31H,6-10,12H2,1-2H3,(H,27,30). The number of phenolic OH excluding ortho intramolecular Hbond substituents is 1. The number of benzene rings is 1. The van der Waals surface area contributed by atoms with Gasteiger partial charge < -0.3 is 24.7 Å². The number of hydrogen-bond acceptors (Lipinski definition) is 6. The Morgan fingerprint density at radius 1 is 1.12 bits per heavy atom. The van der Waals surface area contributed by atoms with E-state index >= 15 is 0 Å². The van der Waals surface area contributed by atoms with Gasteiger partial charge in [0.1, 0.15) is 5.76 Å². The number of methoxy groups -OCH3 is 1. The molecule has 4 aliphatic carbocycles. The minimum Gasteiger partial charge on any atom is -0.504 e. The molecule has 1 aromatic carbocycles. The molecule has 6 rings (SSSR count). The van der Waals surface area contributed by atoms with Crippen LogP contribution >= 0.6 is 0 Å². The van der Waals surface area contributed by atoms with Crippen molar-refractivity contribution < 1.29 is 24.2 Å². The third-order valence-corrected chi connectivity index (χ3v) is 7.94. The molecular formula is C26H31NO6. The highest BCUT2D eigenvalue weighted by Crippen LogP contribution is 2.53. The Hall–Kier alpha value is -2.96. The molecule has 1 aromatic heterocycles. The van der Waals surface area contributed by atoms with Crippen molar-refractivity contribution >= 4 is 5.91 Å². The van der Waals surface area contributed by atoms with Gasteiger partial charge >= 0.3 is 0 Å². The van der Waals surface area contributed by atoms with Crippen molar-refractivity contribution in [2.45, 2.75) is 57.4 Å². The summed E-state index contributed by atoms with van der Waals surface area (Å²) in [5.74, 6) is 2.00. The zero-order chi connectivity index (χ0) is 23.3. The number of carbonyl (C=O) groups excluding carboxylic acids is 1. The number of phenols is 1. The van der Waals surface area contributed by atoms with Crippen LogP contribution in [0, 0.1) is 30.6 Å². The van der Waals surface area contributed by atoms with Crippen LogP contribution in [0.1, 0.15) is 61.5 Å². The van der Waals surface area contributed by atoms with Gasteiger partial charge in [-0.1, -0.05) is 6.07 Å². The molecule has 4 saturated carbocycles. The van der Waals surface area contributed by atoms with Crippen LogP contribution in [0.4, 0.5) is 0 Å². The van der Waals surface area contributed by atoms with Gasteiger partial charge in [-0.2, -0.15) is 0 Å². The quantitative estimate of drug-likeness (QED) is 0.613. The van der Waals surface area contributed by atoms with Crippen molar-refractivity contribution in [2.24, 2.45) is 23.7 Å². The minimum atomic E-state index is -0.705. The number of ether oxygens (including phenoxy) is 1. The van der Waals surface area contributed by atoms with Crippen molar-refractivity contribution in [2.75, 3.05) is 7.11 Å². The topological polar surface area (TPSA) is 109 Å². The number of carbonyl (C=O) groups is 1. The number of nitrogens with one attached hydrogen (secondary N) is 1. The van der Waals surface area contributed by atoms with Crippen LogP contribution in [-0.4, -0.2) is 29.3 Å². The lowest BCUT2D eigenvalue weighted by Crippen LogP contribution is -2.55. The molecule has 2 aromatic rings. The van der Waals surface area contributed by atoms with Crippen LogP contribution in [0.2, 0.25) is 0 Å². The lowest BCUT2D eigenvalue weighted by atomic mass is 9.54. The molecule has 1 heterocycles. The third kappa shape index (κ3) is 4.09. The molecule has 1 unspecified atom stereocenters. The van der Waals surface area contributed by atoms with E-state index < -0.39 is 17.1 Å². The van der Waals surface area contributed by atoms with Gasteiger partial charge in [-0.05, 0) is 80.4 Å². The zero-order valence-electron chi connectivity index (χ0n) is 19.0. The Morgan fingerprint density at radius 2 is 1.79 bits per heavy atom. The molecule has 4 bridgehead atoms. The molecule has 1 amide bonds. The average Bonchev–Trinajstić information content (AvgIpc) is 2.77. The van der Waals surface area contributed by atoms with Gasteiger partial charge in [0.15, 0.2) is 17.3 Å². The van der Waals surface area contributed by atoms with E-state index in [2.05, 4.69) is 5.32 Å². The van der Waals surface area contributed by atoms with Gasteiger partial charge in [-0.25, -0.2) is 0 Å². The molecule has 1 atom stereocenters. The van der Waals surface area contributed by atoms with E-state index in [0.717, 1.165) is 11.8 Å². The van der Waals surface area contributed by atoms with E-state index in [1.54, 1.807) is 19.1 Å². The summed E-state index contributed by atoms with van der Waals surface area (Å²) in [4.78, 5) is 25.6. The van der Waals surface area contributed by atoms with Crippen LogP contribution < -0.4 is 15.5 Å².